The molecule has 3 aromatic rings. The molecule has 1 aliphatic heterocycles. The standard InChI is InChI=1S/C29H42F3N7O4S2/c1-18-14-28(5,6)38(15-18)24-20(26(40)36-45(41,42)22-16-37(7)34-19(22)2)13-21(44(8,9)10)25(33-24)39-12-11-23(35-39)43-17-27(3,4)29(30,31)32/h11-13,16,18H,14-15,17H2,1-10H3,(H,36,40)/t18-/m0/s1. The molecule has 1 atom stereocenters. The summed E-state index contributed by atoms with van der Waals surface area (Å²) in [5, 5.41) is 8.49. The topological polar surface area (TPSA) is 124 Å². The zero-order valence-electron chi connectivity index (χ0n) is 27.3. The van der Waals surface area contributed by atoms with E-state index in [-0.39, 0.29) is 33.8 Å². The van der Waals surface area contributed by atoms with Gasteiger partial charge in [-0.3, -0.25) is 9.48 Å². The number of amides is 1. The number of aromatic nitrogens is 5. The molecule has 4 heterocycles. The molecular weight excluding hydrogens is 631 g/mol. The zero-order valence-corrected chi connectivity index (χ0v) is 28.9. The summed E-state index contributed by atoms with van der Waals surface area (Å²) in [6.45, 7) is 9.73. The molecule has 1 fully saturated rings. The van der Waals surface area contributed by atoms with Gasteiger partial charge >= 0.3 is 6.18 Å². The lowest BCUT2D eigenvalue weighted by Crippen LogP contribution is -2.41. The van der Waals surface area contributed by atoms with Crippen LogP contribution in [0.5, 0.6) is 5.88 Å². The molecule has 0 bridgehead atoms. The summed E-state index contributed by atoms with van der Waals surface area (Å²) in [5.41, 5.74) is -2.19. The Kier molecular flexibility index (Phi) is 8.85. The van der Waals surface area contributed by atoms with Gasteiger partial charge in [0.2, 0.25) is 5.88 Å². The number of hydrogen-bond acceptors (Lipinski definition) is 8. The molecule has 1 saturated heterocycles. The van der Waals surface area contributed by atoms with Crippen molar-refractivity contribution in [3.05, 3.63) is 35.8 Å². The average Bonchev–Trinajstić information content (AvgIpc) is 3.56. The molecule has 0 spiro atoms. The predicted molar refractivity (Wildman–Crippen MR) is 168 cm³/mol. The number of halogens is 3. The smallest absolute Gasteiger partial charge is 0.397 e. The van der Waals surface area contributed by atoms with Crippen molar-refractivity contribution in [1.82, 2.24) is 29.3 Å². The maximum atomic E-state index is 13.9. The number of alkyl halides is 3. The molecule has 1 amide bonds. The van der Waals surface area contributed by atoms with E-state index in [1.165, 1.54) is 21.6 Å². The number of carbonyl (C=O) groups excluding carboxylic acids is 1. The maximum Gasteiger partial charge on any atom is 0.397 e. The first-order valence-electron chi connectivity index (χ1n) is 14.3. The van der Waals surface area contributed by atoms with E-state index in [1.54, 1.807) is 26.2 Å². The number of hydrogen-bond donors (Lipinski definition) is 1. The van der Waals surface area contributed by atoms with Gasteiger partial charge in [0.15, 0.2) is 5.82 Å². The highest BCUT2D eigenvalue weighted by molar-refractivity contribution is 8.32. The SMILES string of the molecule is Cc1nn(C)cc1S(=O)(=O)NC(=O)c1cc(S(C)(C)C)c(-n2ccc(OCC(C)(C)C(F)(F)F)n2)nc1N1C[C@@H](C)CC1(C)C. The van der Waals surface area contributed by atoms with E-state index in [0.717, 1.165) is 20.3 Å². The quantitative estimate of drug-likeness (QED) is 0.334. The lowest BCUT2D eigenvalue weighted by molar-refractivity contribution is -0.219. The van der Waals surface area contributed by atoms with Gasteiger partial charge in [-0.15, -0.1) is 5.10 Å². The van der Waals surface area contributed by atoms with Crippen LogP contribution in [0, 0.1) is 18.3 Å². The summed E-state index contributed by atoms with van der Waals surface area (Å²) in [5.74, 6) is 0.0539. The van der Waals surface area contributed by atoms with Crippen LogP contribution in [0.3, 0.4) is 0 Å². The van der Waals surface area contributed by atoms with Gasteiger partial charge in [-0.1, -0.05) is 6.92 Å². The molecule has 1 aliphatic rings. The van der Waals surface area contributed by atoms with Crippen LogP contribution in [0.1, 0.15) is 57.1 Å². The Labute approximate surface area is 263 Å². The maximum absolute atomic E-state index is 13.9. The highest BCUT2D eigenvalue weighted by Crippen LogP contribution is 2.50. The number of rotatable bonds is 9. The Bertz CT molecular complexity index is 1710. The number of nitrogens with one attached hydrogen (secondary N) is 1. The van der Waals surface area contributed by atoms with Crippen LogP contribution in [-0.2, 0) is 17.1 Å². The first-order valence-corrected chi connectivity index (χ1v) is 18.6. The largest absolute Gasteiger partial charge is 0.476 e. The Balaban J connectivity index is 1.84. The van der Waals surface area contributed by atoms with Crippen LogP contribution in [0.25, 0.3) is 5.82 Å². The van der Waals surface area contributed by atoms with Crippen molar-refractivity contribution >= 4 is 31.8 Å². The molecule has 0 unspecified atom stereocenters. The average molecular weight is 674 g/mol. The van der Waals surface area contributed by atoms with Gasteiger partial charge in [0, 0.05) is 42.5 Å². The van der Waals surface area contributed by atoms with Crippen LogP contribution in [-0.4, -0.2) is 82.5 Å². The molecule has 4 rings (SSSR count). The van der Waals surface area contributed by atoms with E-state index >= 15 is 0 Å². The fraction of sp³-hybridized carbons (Fsp3) is 0.586. The second-order valence-electron chi connectivity index (χ2n) is 13.7. The summed E-state index contributed by atoms with van der Waals surface area (Å²) in [4.78, 5) is 21.4. The highest BCUT2D eigenvalue weighted by Gasteiger charge is 2.48. The van der Waals surface area contributed by atoms with Gasteiger partial charge in [0.1, 0.15) is 17.3 Å². The van der Waals surface area contributed by atoms with E-state index in [2.05, 4.69) is 21.8 Å². The molecule has 1 N–H and O–H groups in total. The second kappa shape index (κ2) is 11.5. The number of carbonyl (C=O) groups is 1. The number of nitrogens with zero attached hydrogens (tertiary/aromatic N) is 6. The second-order valence-corrected chi connectivity index (χ2v) is 19.5. The zero-order chi connectivity index (χ0) is 33.9. The van der Waals surface area contributed by atoms with Crippen molar-refractivity contribution in [1.29, 1.82) is 0 Å². The van der Waals surface area contributed by atoms with Crippen molar-refractivity contribution in [3.63, 3.8) is 0 Å². The van der Waals surface area contributed by atoms with E-state index in [9.17, 15) is 26.4 Å². The molecule has 11 nitrogen and oxygen atoms in total. The van der Waals surface area contributed by atoms with Crippen LogP contribution in [0.4, 0.5) is 19.0 Å². The lowest BCUT2D eigenvalue weighted by Gasteiger charge is -2.35. The summed E-state index contributed by atoms with van der Waals surface area (Å²) in [6.07, 6.45) is 5.17. The summed E-state index contributed by atoms with van der Waals surface area (Å²) < 4.78 is 77.3. The molecule has 0 radical (unpaired) electrons. The third-order valence-electron chi connectivity index (χ3n) is 7.80. The monoisotopic (exact) mass is 673 g/mol. The van der Waals surface area contributed by atoms with Crippen LogP contribution >= 0.6 is 10.0 Å². The molecule has 45 heavy (non-hydrogen) atoms. The molecule has 16 heteroatoms. The fourth-order valence-electron chi connectivity index (χ4n) is 5.33. The van der Waals surface area contributed by atoms with Gasteiger partial charge in [0.25, 0.3) is 15.9 Å². The minimum atomic E-state index is -4.46. The van der Waals surface area contributed by atoms with Crippen LogP contribution in [0.15, 0.2) is 34.3 Å². The van der Waals surface area contributed by atoms with Crippen molar-refractivity contribution in [3.8, 4) is 11.7 Å². The van der Waals surface area contributed by atoms with Crippen LogP contribution in [0.2, 0.25) is 0 Å². The highest BCUT2D eigenvalue weighted by atomic mass is 32.3. The summed E-state index contributed by atoms with van der Waals surface area (Å²) in [7, 11) is -4.32. The van der Waals surface area contributed by atoms with E-state index in [0.29, 0.717) is 17.3 Å². The molecule has 250 valence electrons. The Morgan fingerprint density at radius 1 is 1.13 bits per heavy atom. The first-order chi connectivity index (χ1) is 20.4. The fourth-order valence-corrected chi connectivity index (χ4v) is 7.68. The summed E-state index contributed by atoms with van der Waals surface area (Å²) in [6, 6.07) is 3.11. The lowest BCUT2D eigenvalue weighted by atomic mass is 9.94. The number of anilines is 1. The molecule has 0 aromatic carbocycles. The number of aryl methyl sites for hydroxylation is 2. The van der Waals surface area contributed by atoms with Crippen LogP contribution < -0.4 is 14.4 Å². The van der Waals surface area contributed by atoms with E-state index in [1.807, 2.05) is 37.5 Å². The third-order valence-corrected chi connectivity index (χ3v) is 10.9. The molecule has 0 saturated carbocycles. The minimum Gasteiger partial charge on any atom is -0.476 e. The van der Waals surface area contributed by atoms with E-state index in [4.69, 9.17) is 9.72 Å². The predicted octanol–water partition coefficient (Wildman–Crippen LogP) is 5.07. The molecule has 0 aliphatic carbocycles. The first kappa shape index (κ1) is 34.6. The molecular formula is C29H42F3N7O4S2. The van der Waals surface area contributed by atoms with Crippen molar-refractivity contribution < 1.29 is 31.1 Å². The number of pyridine rings is 1. The number of sulfonamides is 1. The van der Waals surface area contributed by atoms with Crippen molar-refractivity contribution in [2.75, 3.05) is 36.8 Å². The van der Waals surface area contributed by atoms with Gasteiger partial charge in [-0.2, -0.15) is 18.3 Å². The Hall–Kier alpha value is -3.27. The molecule has 3 aromatic heterocycles. The van der Waals surface area contributed by atoms with Crippen molar-refractivity contribution in [2.45, 2.75) is 69.5 Å². The van der Waals surface area contributed by atoms with Crippen molar-refractivity contribution in [2.24, 2.45) is 18.4 Å². The summed E-state index contributed by atoms with van der Waals surface area (Å²) >= 11 is 0. The van der Waals surface area contributed by atoms with E-state index < -0.39 is 49.7 Å². The Morgan fingerprint density at radius 2 is 1.78 bits per heavy atom. The normalized spacial score (nSPS) is 17.9. The number of ether oxygens (including phenoxy) is 1. The minimum absolute atomic E-state index is 0.0135. The van der Waals surface area contributed by atoms with Gasteiger partial charge in [0.05, 0.1) is 16.7 Å². The van der Waals surface area contributed by atoms with Gasteiger partial charge < -0.3 is 9.64 Å². The Morgan fingerprint density at radius 3 is 2.29 bits per heavy atom. The van der Waals surface area contributed by atoms with Gasteiger partial charge in [-0.05, 0) is 71.8 Å². The third kappa shape index (κ3) is 7.11. The van der Waals surface area contributed by atoms with Gasteiger partial charge in [-0.25, -0.2) is 32.8 Å².